The van der Waals surface area contributed by atoms with Crippen molar-refractivity contribution < 1.29 is 34.9 Å². The minimum atomic E-state index is -4.84. The standard InChI is InChI=1S/C8H5N4O10PS/c1-10-5(13)3-4-9-6-11(3)2-18-23(15)20-8(21-23,12(4)7(10)14)22-24(16,17)19-6/h2H2,1H3. The van der Waals surface area contributed by atoms with Crippen molar-refractivity contribution in [2.75, 3.05) is 0 Å². The Morgan fingerprint density at radius 2 is 2.00 bits per heavy atom. The van der Waals surface area contributed by atoms with Crippen molar-refractivity contribution in [3.63, 3.8) is 0 Å². The van der Waals surface area contributed by atoms with Gasteiger partial charge in [-0.2, -0.15) is 22.2 Å². The molecule has 0 aromatic carbocycles. The smallest absolute Gasteiger partial charge is 0.324 e. The van der Waals surface area contributed by atoms with Gasteiger partial charge >= 0.3 is 36.0 Å². The summed E-state index contributed by atoms with van der Waals surface area (Å²) in [5.74, 6) is 0. The van der Waals surface area contributed by atoms with E-state index in [-0.39, 0.29) is 11.2 Å². The quantitative estimate of drug-likeness (QED) is 0.477. The van der Waals surface area contributed by atoms with Crippen molar-refractivity contribution in [3.8, 4) is 6.01 Å². The molecule has 1 spiro atoms. The van der Waals surface area contributed by atoms with Crippen LogP contribution in [0.2, 0.25) is 0 Å². The fourth-order valence-electron chi connectivity index (χ4n) is 2.56. The van der Waals surface area contributed by atoms with Gasteiger partial charge in [-0.05, 0) is 0 Å². The SMILES string of the molecule is Cn1c(=O)c2c3nc4n2COP2(=O)OC(O2)(OS(=O)(=O)O4)n3c1=O. The van der Waals surface area contributed by atoms with Gasteiger partial charge in [0.25, 0.3) is 5.56 Å². The van der Waals surface area contributed by atoms with Gasteiger partial charge in [0.1, 0.15) is 6.73 Å². The van der Waals surface area contributed by atoms with E-state index in [0.29, 0.717) is 9.13 Å². The van der Waals surface area contributed by atoms with Crippen LogP contribution in [0.4, 0.5) is 0 Å². The predicted octanol–water partition coefficient (Wildman–Crippen LogP) is -1.74. The first-order chi connectivity index (χ1) is 11.1. The molecule has 2 aromatic rings. The van der Waals surface area contributed by atoms with E-state index in [1.807, 2.05) is 0 Å². The first-order valence-corrected chi connectivity index (χ1v) is 8.98. The molecule has 4 aliphatic heterocycles. The van der Waals surface area contributed by atoms with E-state index < -0.39 is 48.3 Å². The van der Waals surface area contributed by atoms with Gasteiger partial charge in [-0.1, -0.05) is 0 Å². The zero-order valence-corrected chi connectivity index (χ0v) is 13.1. The van der Waals surface area contributed by atoms with Crippen molar-refractivity contribution in [1.29, 1.82) is 0 Å². The minimum absolute atomic E-state index is 0.250. The van der Waals surface area contributed by atoms with Crippen LogP contribution in [0.1, 0.15) is 0 Å². The lowest BCUT2D eigenvalue weighted by atomic mass is 10.5. The molecule has 128 valence electrons. The van der Waals surface area contributed by atoms with E-state index in [9.17, 15) is 22.6 Å². The second kappa shape index (κ2) is 3.79. The normalized spacial score (nSPS) is 32.5. The molecule has 0 amide bonds. The van der Waals surface area contributed by atoms with Crippen LogP contribution in [0.25, 0.3) is 11.2 Å². The van der Waals surface area contributed by atoms with Gasteiger partial charge in [0.15, 0.2) is 11.2 Å². The first-order valence-electron chi connectivity index (χ1n) is 6.19. The van der Waals surface area contributed by atoms with Gasteiger partial charge in [-0.3, -0.25) is 18.5 Å². The highest BCUT2D eigenvalue weighted by molar-refractivity contribution is 7.82. The molecular weight excluding hydrogens is 375 g/mol. The van der Waals surface area contributed by atoms with Gasteiger partial charge in [0.2, 0.25) is 0 Å². The Labute approximate surface area is 130 Å². The molecule has 1 saturated heterocycles. The van der Waals surface area contributed by atoms with Crippen molar-refractivity contribution in [3.05, 3.63) is 20.8 Å². The maximum absolute atomic E-state index is 12.5. The van der Waals surface area contributed by atoms with Gasteiger partial charge in [-0.25, -0.2) is 18.4 Å². The van der Waals surface area contributed by atoms with E-state index in [1.165, 1.54) is 0 Å². The molecule has 0 atom stereocenters. The topological polar surface area (TPSA) is 159 Å². The molecule has 0 radical (unpaired) electrons. The number of imidazole rings is 1. The van der Waals surface area contributed by atoms with Gasteiger partial charge < -0.3 is 4.18 Å². The number of phosphoric acid groups is 1. The van der Waals surface area contributed by atoms with Crippen LogP contribution >= 0.6 is 7.82 Å². The molecule has 6 heterocycles. The Kier molecular flexibility index (Phi) is 2.26. The molecule has 1 fully saturated rings. The fraction of sp³-hybridized carbons (Fsp3) is 0.375. The average molecular weight is 380 g/mol. The van der Waals surface area contributed by atoms with Crippen molar-refractivity contribution in [1.82, 2.24) is 18.7 Å². The Bertz CT molecular complexity index is 1210. The summed E-state index contributed by atoms with van der Waals surface area (Å²) in [7, 11) is -7.92. The number of hydrogen-bond donors (Lipinski definition) is 0. The molecule has 0 aliphatic carbocycles. The monoisotopic (exact) mass is 380 g/mol. The van der Waals surface area contributed by atoms with Crippen LogP contribution in [0, 0.1) is 0 Å². The summed E-state index contributed by atoms with van der Waals surface area (Å²) in [5.41, 5.74) is -2.48. The van der Waals surface area contributed by atoms with Crippen molar-refractivity contribution >= 4 is 29.4 Å². The maximum Gasteiger partial charge on any atom is 0.488 e. The van der Waals surface area contributed by atoms with Crippen LogP contribution in [-0.2, 0) is 52.6 Å². The molecule has 24 heavy (non-hydrogen) atoms. The zero-order valence-electron chi connectivity index (χ0n) is 11.4. The second-order valence-electron chi connectivity index (χ2n) is 4.96. The molecule has 16 heteroatoms. The highest BCUT2D eigenvalue weighted by Crippen LogP contribution is 2.68. The van der Waals surface area contributed by atoms with E-state index >= 15 is 0 Å². The van der Waals surface area contributed by atoms with Crippen LogP contribution in [0.5, 0.6) is 6.01 Å². The van der Waals surface area contributed by atoms with E-state index in [1.54, 1.807) is 0 Å². The van der Waals surface area contributed by atoms with Gasteiger partial charge in [-0.15, -0.1) is 0 Å². The highest BCUT2D eigenvalue weighted by atomic mass is 32.3. The van der Waals surface area contributed by atoms with E-state index in [0.717, 1.165) is 11.6 Å². The molecule has 0 saturated carbocycles. The van der Waals surface area contributed by atoms with Gasteiger partial charge in [0.05, 0.1) is 0 Å². The molecule has 0 unspecified atom stereocenters. The number of fused-ring (bicyclic) bond motifs is 2. The summed E-state index contributed by atoms with van der Waals surface area (Å²) in [4.78, 5) is 28.7. The number of rotatable bonds is 0. The van der Waals surface area contributed by atoms with Crippen LogP contribution in [-0.4, -0.2) is 27.1 Å². The summed E-state index contributed by atoms with van der Waals surface area (Å²) in [5, 5.41) is 0. The van der Waals surface area contributed by atoms with Crippen LogP contribution < -0.4 is 15.4 Å². The van der Waals surface area contributed by atoms with Crippen molar-refractivity contribution in [2.45, 2.75) is 12.8 Å². The molecular formula is C8H5N4O10PS. The number of phosphoric ester groups is 1. The molecule has 7 bridgehead atoms. The molecule has 14 nitrogen and oxygen atoms in total. The lowest BCUT2D eigenvalue weighted by Gasteiger charge is -2.42. The summed E-state index contributed by atoms with van der Waals surface area (Å²) in [6, 6.07) is -0.606. The maximum atomic E-state index is 12.5. The second-order valence-corrected chi connectivity index (χ2v) is 7.63. The molecule has 6 rings (SSSR count). The largest absolute Gasteiger partial charge is 0.488 e. The lowest BCUT2D eigenvalue weighted by molar-refractivity contribution is -0.390. The molecule has 4 aliphatic rings. The summed E-state index contributed by atoms with van der Waals surface area (Å²) in [6.07, 6.45) is -2.80. The Hall–Kier alpha value is -2.03. The Balaban J connectivity index is 2.09. The number of aromatic nitrogens is 4. The Morgan fingerprint density at radius 1 is 1.29 bits per heavy atom. The molecule has 2 aromatic heterocycles. The third-order valence-electron chi connectivity index (χ3n) is 3.57. The van der Waals surface area contributed by atoms with Crippen molar-refractivity contribution in [2.24, 2.45) is 7.05 Å². The van der Waals surface area contributed by atoms with Gasteiger partial charge in [0, 0.05) is 7.05 Å². The van der Waals surface area contributed by atoms with Crippen LogP contribution in [0.3, 0.4) is 0 Å². The third-order valence-corrected chi connectivity index (χ3v) is 5.68. The van der Waals surface area contributed by atoms with E-state index in [4.69, 9.17) is 13.6 Å². The summed E-state index contributed by atoms with van der Waals surface area (Å²) < 4.78 is 62.1. The first kappa shape index (κ1) is 14.3. The number of nitrogens with zero attached hydrogens (tertiary/aromatic N) is 4. The van der Waals surface area contributed by atoms with E-state index in [2.05, 4.69) is 13.4 Å². The fourth-order valence-corrected chi connectivity index (χ4v) is 4.59. The zero-order chi connectivity index (χ0) is 17.1. The third kappa shape index (κ3) is 1.51. The predicted molar refractivity (Wildman–Crippen MR) is 68.7 cm³/mol. The highest BCUT2D eigenvalue weighted by Gasteiger charge is 2.67. The summed E-state index contributed by atoms with van der Waals surface area (Å²) >= 11 is 0. The van der Waals surface area contributed by atoms with Crippen LogP contribution in [0.15, 0.2) is 9.59 Å². The average Bonchev–Trinajstić information content (AvgIpc) is 2.79. The Morgan fingerprint density at radius 3 is 2.71 bits per heavy atom. The lowest BCUT2D eigenvalue weighted by Crippen LogP contribution is -2.57. The number of hydrogen-bond acceptors (Lipinski definition) is 11. The summed E-state index contributed by atoms with van der Waals surface area (Å²) in [6.45, 7) is -0.637. The minimum Gasteiger partial charge on any atom is -0.324 e. The molecule has 0 N–H and O–H groups in total.